The molecule has 1 unspecified atom stereocenters. The second-order valence-corrected chi connectivity index (χ2v) is 4.06. The average Bonchev–Trinajstić information content (AvgIpc) is 2.01. The zero-order chi connectivity index (χ0) is 10.7. The van der Waals surface area contributed by atoms with E-state index in [4.69, 9.17) is 4.18 Å². The maximum atomic E-state index is 10.4. The Morgan fingerprint density at radius 3 is 2.57 bits per heavy atom. The van der Waals surface area contributed by atoms with Gasteiger partial charge in [0.25, 0.3) is 0 Å². The van der Waals surface area contributed by atoms with Crippen LogP contribution in [0.4, 0.5) is 0 Å². The highest BCUT2D eigenvalue weighted by Crippen LogP contribution is 2.27. The van der Waals surface area contributed by atoms with Crippen molar-refractivity contribution in [2.45, 2.75) is 26.7 Å². The number of rotatable bonds is 3. The van der Waals surface area contributed by atoms with Crippen molar-refractivity contribution in [1.29, 1.82) is 0 Å². The Morgan fingerprint density at radius 1 is 1.43 bits per heavy atom. The normalized spacial score (nSPS) is 12.9. The van der Waals surface area contributed by atoms with Gasteiger partial charge in [-0.2, -0.15) is 0 Å². The molecule has 0 saturated heterocycles. The van der Waals surface area contributed by atoms with Crippen molar-refractivity contribution in [2.75, 3.05) is 0 Å². The topological polar surface area (TPSA) is 49.4 Å². The van der Waals surface area contributed by atoms with E-state index in [1.54, 1.807) is 6.07 Å². The molecule has 78 valence electrons. The molecule has 0 amide bonds. The van der Waals surface area contributed by atoms with Gasteiger partial charge in [0.1, 0.15) is 17.1 Å². The highest BCUT2D eigenvalue weighted by Gasteiger charge is 2.08. The van der Waals surface area contributed by atoms with E-state index < -0.39 is 11.4 Å². The lowest BCUT2D eigenvalue weighted by Gasteiger charge is -2.14. The van der Waals surface area contributed by atoms with Crippen LogP contribution in [0.1, 0.15) is 30.9 Å². The Balaban J connectivity index is 3.09. The second-order valence-electron chi connectivity index (χ2n) is 3.48. The first-order valence-electron chi connectivity index (χ1n) is 4.39. The number of benzene rings is 1. The Kier molecular flexibility index (Phi) is 3.66. The molecule has 4 heteroatoms. The Morgan fingerprint density at radius 2 is 2.07 bits per heavy atom. The molecule has 0 N–H and O–H groups in total. The number of aryl methyl sites for hydroxylation is 1. The van der Waals surface area contributed by atoms with Crippen LogP contribution in [0.5, 0.6) is 5.75 Å². The molecule has 3 nitrogen and oxygen atoms in total. The zero-order valence-corrected chi connectivity index (χ0v) is 9.26. The molecule has 1 atom stereocenters. The van der Waals surface area contributed by atoms with Crippen molar-refractivity contribution in [3.05, 3.63) is 29.3 Å². The van der Waals surface area contributed by atoms with Crippen LogP contribution >= 0.6 is 0 Å². The lowest BCUT2D eigenvalue weighted by atomic mass is 10.0. The standard InChI is InChI=1S/C10H14O3S/c1-7(2)9-5-4-8(3)6-10(9)13-14(11)12/h4-7H,1-3H3,(H,11,12)/p-1. The van der Waals surface area contributed by atoms with E-state index in [0.29, 0.717) is 5.75 Å². The van der Waals surface area contributed by atoms with Crippen molar-refractivity contribution >= 4 is 11.4 Å². The van der Waals surface area contributed by atoms with Crippen LogP contribution in [-0.2, 0) is 11.4 Å². The van der Waals surface area contributed by atoms with Gasteiger partial charge in [-0.15, -0.1) is 0 Å². The van der Waals surface area contributed by atoms with Crippen LogP contribution in [-0.4, -0.2) is 8.76 Å². The van der Waals surface area contributed by atoms with E-state index in [9.17, 15) is 8.76 Å². The van der Waals surface area contributed by atoms with Crippen LogP contribution in [0.25, 0.3) is 0 Å². The van der Waals surface area contributed by atoms with E-state index in [1.165, 1.54) is 0 Å². The van der Waals surface area contributed by atoms with Gasteiger partial charge in [0.15, 0.2) is 0 Å². The predicted molar refractivity (Wildman–Crippen MR) is 54.8 cm³/mol. The summed E-state index contributed by atoms with van der Waals surface area (Å²) in [6.45, 7) is 5.88. The highest BCUT2D eigenvalue weighted by atomic mass is 32.2. The van der Waals surface area contributed by atoms with Gasteiger partial charge in [0.05, 0.1) is 0 Å². The first kappa shape index (κ1) is 11.2. The summed E-state index contributed by atoms with van der Waals surface area (Å²) in [6.07, 6.45) is 0. The van der Waals surface area contributed by atoms with Crippen LogP contribution in [0.2, 0.25) is 0 Å². The van der Waals surface area contributed by atoms with Gasteiger partial charge in [0, 0.05) is 0 Å². The minimum absolute atomic E-state index is 0.245. The van der Waals surface area contributed by atoms with Crippen LogP contribution in [0.3, 0.4) is 0 Å². The van der Waals surface area contributed by atoms with E-state index in [2.05, 4.69) is 0 Å². The largest absolute Gasteiger partial charge is 0.740 e. The molecular formula is C10H13O3S-. The smallest absolute Gasteiger partial charge is 0.142 e. The van der Waals surface area contributed by atoms with E-state index in [-0.39, 0.29) is 5.92 Å². The molecule has 1 rings (SSSR count). The lowest BCUT2D eigenvalue weighted by Crippen LogP contribution is -2.02. The van der Waals surface area contributed by atoms with Crippen molar-refractivity contribution in [1.82, 2.24) is 0 Å². The molecule has 0 aliphatic carbocycles. The SMILES string of the molecule is Cc1ccc(C(C)C)c(OS(=O)[O-])c1. The van der Waals surface area contributed by atoms with Crippen molar-refractivity contribution < 1.29 is 12.9 Å². The van der Waals surface area contributed by atoms with E-state index in [1.807, 2.05) is 32.9 Å². The summed E-state index contributed by atoms with van der Waals surface area (Å²) in [7, 11) is 0. The van der Waals surface area contributed by atoms with Gasteiger partial charge < -0.3 is 8.74 Å². The van der Waals surface area contributed by atoms with Crippen molar-refractivity contribution in [3.63, 3.8) is 0 Å². The predicted octanol–water partition coefficient (Wildman–Crippen LogP) is 2.29. The van der Waals surface area contributed by atoms with E-state index >= 15 is 0 Å². The Hall–Kier alpha value is -0.870. The second kappa shape index (κ2) is 4.57. The maximum Gasteiger partial charge on any atom is 0.142 e. The molecule has 1 aromatic carbocycles. The summed E-state index contributed by atoms with van der Waals surface area (Å²) in [4.78, 5) is 0. The summed E-state index contributed by atoms with van der Waals surface area (Å²) < 4.78 is 25.6. The molecule has 0 saturated carbocycles. The summed E-state index contributed by atoms with van der Waals surface area (Å²) >= 11 is -2.50. The minimum atomic E-state index is -2.50. The summed E-state index contributed by atoms with van der Waals surface area (Å²) in [5.74, 6) is 0.669. The van der Waals surface area contributed by atoms with Crippen LogP contribution in [0, 0.1) is 6.92 Å². The molecular weight excluding hydrogens is 200 g/mol. The summed E-state index contributed by atoms with van der Waals surface area (Å²) in [5.41, 5.74) is 1.88. The third kappa shape index (κ3) is 2.82. The first-order chi connectivity index (χ1) is 6.50. The van der Waals surface area contributed by atoms with Gasteiger partial charge in [-0.1, -0.05) is 26.0 Å². The van der Waals surface area contributed by atoms with Crippen LogP contribution < -0.4 is 4.18 Å². The van der Waals surface area contributed by atoms with Gasteiger partial charge in [-0.3, -0.25) is 0 Å². The summed E-state index contributed by atoms with van der Waals surface area (Å²) in [6, 6.07) is 5.56. The first-order valence-corrected chi connectivity index (χ1v) is 5.39. The van der Waals surface area contributed by atoms with E-state index in [0.717, 1.165) is 11.1 Å². The fourth-order valence-electron chi connectivity index (χ4n) is 1.26. The molecule has 0 aliphatic heterocycles. The highest BCUT2D eigenvalue weighted by molar-refractivity contribution is 7.74. The third-order valence-electron chi connectivity index (χ3n) is 1.95. The van der Waals surface area contributed by atoms with Gasteiger partial charge in [-0.25, -0.2) is 4.21 Å². The Bertz CT molecular complexity index is 347. The maximum absolute atomic E-state index is 10.4. The van der Waals surface area contributed by atoms with Crippen molar-refractivity contribution in [2.24, 2.45) is 0 Å². The zero-order valence-electron chi connectivity index (χ0n) is 8.44. The van der Waals surface area contributed by atoms with Crippen molar-refractivity contribution in [3.8, 4) is 5.75 Å². The molecule has 0 aromatic heterocycles. The fraction of sp³-hybridized carbons (Fsp3) is 0.400. The molecule has 0 radical (unpaired) electrons. The molecule has 0 fully saturated rings. The lowest BCUT2D eigenvalue weighted by molar-refractivity contribution is 0.437. The molecule has 0 spiro atoms. The molecule has 0 bridgehead atoms. The van der Waals surface area contributed by atoms with Crippen LogP contribution in [0.15, 0.2) is 18.2 Å². The molecule has 0 aliphatic rings. The number of hydrogen-bond acceptors (Lipinski definition) is 3. The summed E-state index contributed by atoms with van der Waals surface area (Å²) in [5, 5.41) is 0. The van der Waals surface area contributed by atoms with Gasteiger partial charge in [-0.05, 0) is 30.0 Å². The quantitative estimate of drug-likeness (QED) is 0.724. The minimum Gasteiger partial charge on any atom is -0.740 e. The average molecular weight is 213 g/mol. The van der Waals surface area contributed by atoms with Gasteiger partial charge >= 0.3 is 0 Å². The molecule has 14 heavy (non-hydrogen) atoms. The molecule has 0 heterocycles. The van der Waals surface area contributed by atoms with Gasteiger partial charge in [0.2, 0.25) is 0 Å². The monoisotopic (exact) mass is 213 g/mol. The Labute approximate surface area is 86.6 Å². The fourth-order valence-corrected chi connectivity index (χ4v) is 1.55. The molecule has 1 aromatic rings. The third-order valence-corrected chi connectivity index (χ3v) is 2.26. The number of hydrogen-bond donors (Lipinski definition) is 0.